The predicted octanol–water partition coefficient (Wildman–Crippen LogP) is 3.06. The number of benzene rings is 2. The molecule has 4 rings (SSSR count). The fourth-order valence-electron chi connectivity index (χ4n) is 4.22. The number of nitrogens with one attached hydrogen (secondary N) is 1. The van der Waals surface area contributed by atoms with Crippen LogP contribution in [0.3, 0.4) is 0 Å². The average Bonchev–Trinajstić information content (AvgIpc) is 3.57. The summed E-state index contributed by atoms with van der Waals surface area (Å²) in [4.78, 5) is 26.7. The van der Waals surface area contributed by atoms with Crippen molar-refractivity contribution < 1.29 is 37.5 Å². The number of amides is 2. The van der Waals surface area contributed by atoms with Crippen molar-refractivity contribution in [2.24, 2.45) is 0 Å². The highest BCUT2D eigenvalue weighted by Crippen LogP contribution is 2.36. The van der Waals surface area contributed by atoms with Gasteiger partial charge in [0, 0.05) is 18.7 Å². The lowest BCUT2D eigenvalue weighted by molar-refractivity contribution is -0.153. The number of aliphatic hydroxyl groups excluding tert-OH is 2. The lowest BCUT2D eigenvalue weighted by atomic mass is 10.0. The van der Waals surface area contributed by atoms with Crippen LogP contribution in [0.1, 0.15) is 35.6 Å². The summed E-state index contributed by atoms with van der Waals surface area (Å²) >= 11 is 0. The maximum absolute atomic E-state index is 13.0. The van der Waals surface area contributed by atoms with Crippen molar-refractivity contribution in [1.29, 1.82) is 0 Å². The van der Waals surface area contributed by atoms with Crippen molar-refractivity contribution in [2.45, 2.75) is 43.8 Å². The fraction of sp³-hybridized carbons (Fsp3) is 0.320. The number of aromatic nitrogens is 1. The number of rotatable bonds is 7. The Bertz CT molecular complexity index is 1200. The first kappa shape index (κ1) is 25.4. The van der Waals surface area contributed by atoms with Crippen LogP contribution in [0.25, 0.3) is 11.3 Å². The van der Waals surface area contributed by atoms with E-state index in [1.165, 1.54) is 29.2 Å². The zero-order valence-electron chi connectivity index (χ0n) is 19.0. The molecule has 0 bridgehead atoms. The maximum Gasteiger partial charge on any atom is 0.421 e. The molecule has 36 heavy (non-hydrogen) atoms. The van der Waals surface area contributed by atoms with Gasteiger partial charge in [0.2, 0.25) is 0 Å². The highest BCUT2D eigenvalue weighted by Gasteiger charge is 2.39. The molecule has 1 aliphatic rings. The van der Waals surface area contributed by atoms with Gasteiger partial charge in [0.15, 0.2) is 12.2 Å². The van der Waals surface area contributed by atoms with E-state index in [4.69, 9.17) is 0 Å². The van der Waals surface area contributed by atoms with Crippen LogP contribution in [0.2, 0.25) is 0 Å². The van der Waals surface area contributed by atoms with Gasteiger partial charge >= 0.3 is 6.18 Å². The lowest BCUT2D eigenvalue weighted by Crippen LogP contribution is -2.50. The van der Waals surface area contributed by atoms with Gasteiger partial charge in [-0.25, -0.2) is 0 Å². The molecular formula is C25H24F3N3O5. The Morgan fingerprint density at radius 3 is 2.44 bits per heavy atom. The molecule has 0 spiro atoms. The first-order valence-corrected chi connectivity index (χ1v) is 11.3. The Morgan fingerprint density at radius 2 is 1.78 bits per heavy atom. The summed E-state index contributed by atoms with van der Waals surface area (Å²) in [6, 6.07) is 14.8. The molecule has 1 aromatic heterocycles. The van der Waals surface area contributed by atoms with Gasteiger partial charge in [-0.2, -0.15) is 13.2 Å². The Morgan fingerprint density at radius 1 is 1.08 bits per heavy atom. The molecule has 2 aromatic carbocycles. The summed E-state index contributed by atoms with van der Waals surface area (Å²) in [6.07, 6.45) is -6.58. The minimum absolute atomic E-state index is 0.0849. The van der Waals surface area contributed by atoms with Crippen LogP contribution in [-0.4, -0.2) is 50.8 Å². The topological polar surface area (TPSA) is 116 Å². The monoisotopic (exact) mass is 503 g/mol. The summed E-state index contributed by atoms with van der Waals surface area (Å²) in [6.45, 7) is 0.316. The van der Waals surface area contributed by atoms with Gasteiger partial charge in [-0.05, 0) is 24.0 Å². The number of nitrogens with zero attached hydrogens (tertiary/aromatic N) is 2. The summed E-state index contributed by atoms with van der Waals surface area (Å²) in [5.74, 6) is -1.69. The molecule has 1 saturated heterocycles. The quantitative estimate of drug-likeness (QED) is 0.457. The molecule has 8 nitrogen and oxygen atoms in total. The minimum Gasteiger partial charge on any atom is -0.380 e. The molecule has 0 aliphatic carbocycles. The van der Waals surface area contributed by atoms with Gasteiger partial charge in [0.05, 0.1) is 6.04 Å². The molecule has 1 aliphatic heterocycles. The zero-order chi connectivity index (χ0) is 25.9. The van der Waals surface area contributed by atoms with Crippen LogP contribution in [0.4, 0.5) is 13.2 Å². The van der Waals surface area contributed by atoms with E-state index in [1.54, 1.807) is 0 Å². The summed E-state index contributed by atoms with van der Waals surface area (Å²) in [5.41, 5.74) is 0.237. The molecule has 0 radical (unpaired) electrons. The normalized spacial score (nSPS) is 17.6. The van der Waals surface area contributed by atoms with Gasteiger partial charge in [-0.1, -0.05) is 59.8 Å². The Kier molecular flexibility index (Phi) is 7.41. The molecule has 2 heterocycles. The van der Waals surface area contributed by atoms with Crippen LogP contribution >= 0.6 is 0 Å². The zero-order valence-corrected chi connectivity index (χ0v) is 19.0. The first-order chi connectivity index (χ1) is 17.2. The fourth-order valence-corrected chi connectivity index (χ4v) is 4.22. The molecule has 1 fully saturated rings. The number of alkyl halides is 3. The average molecular weight is 503 g/mol. The van der Waals surface area contributed by atoms with Gasteiger partial charge in [0.1, 0.15) is 17.5 Å². The Labute approximate surface area is 204 Å². The van der Waals surface area contributed by atoms with Crippen LogP contribution in [0.15, 0.2) is 65.4 Å². The number of aliphatic hydroxyl groups is 2. The lowest BCUT2D eigenvalue weighted by Gasteiger charge is -2.28. The second-order valence-corrected chi connectivity index (χ2v) is 8.48. The summed E-state index contributed by atoms with van der Waals surface area (Å²) in [5, 5.41) is 26.5. The molecule has 190 valence electrons. The van der Waals surface area contributed by atoms with Crippen LogP contribution in [-0.2, 0) is 22.3 Å². The largest absolute Gasteiger partial charge is 0.421 e. The standard InChI is InChI=1S/C25H24F3N3O5/c26-25(27,28)18-14-36-30-20(18)17-10-8-15(9-11-17)13-29-23(34)21(32)22(33)24(35)31-12-4-7-19(31)16-5-2-1-3-6-16/h1-3,5-6,8-11,14,19,21-22,32-33H,4,7,12-13H2,(H,29,34)/t19-,21-,22-/m1/s1. The summed E-state index contributed by atoms with van der Waals surface area (Å²) < 4.78 is 43.6. The SMILES string of the molecule is O=C(NCc1ccc(-c2nocc2C(F)(F)F)cc1)[C@H](O)[C@@H](O)C(=O)N1CCC[C@@H]1c1ccccc1. The minimum atomic E-state index is -4.62. The number of halogens is 3. The van der Waals surface area contributed by atoms with E-state index in [9.17, 15) is 33.0 Å². The first-order valence-electron chi connectivity index (χ1n) is 11.3. The van der Waals surface area contributed by atoms with Crippen LogP contribution in [0, 0.1) is 0 Å². The van der Waals surface area contributed by atoms with Gasteiger partial charge in [-0.15, -0.1) is 0 Å². The van der Waals surface area contributed by atoms with E-state index < -0.39 is 35.8 Å². The third-order valence-electron chi connectivity index (χ3n) is 6.11. The van der Waals surface area contributed by atoms with Crippen molar-refractivity contribution in [2.75, 3.05) is 6.54 Å². The highest BCUT2D eigenvalue weighted by molar-refractivity contribution is 5.91. The van der Waals surface area contributed by atoms with Gasteiger partial charge < -0.3 is 25.0 Å². The predicted molar refractivity (Wildman–Crippen MR) is 121 cm³/mol. The molecule has 11 heteroatoms. The van der Waals surface area contributed by atoms with E-state index in [0.717, 1.165) is 12.0 Å². The summed E-state index contributed by atoms with van der Waals surface area (Å²) in [7, 11) is 0. The third kappa shape index (κ3) is 5.42. The van der Waals surface area contributed by atoms with E-state index >= 15 is 0 Å². The number of hydrogen-bond donors (Lipinski definition) is 3. The number of likely N-dealkylation sites (tertiary alicyclic amines) is 1. The van der Waals surface area contributed by atoms with Crippen molar-refractivity contribution in [3.8, 4) is 11.3 Å². The smallest absolute Gasteiger partial charge is 0.380 e. The van der Waals surface area contributed by atoms with Crippen molar-refractivity contribution in [3.05, 3.63) is 77.6 Å². The van der Waals surface area contributed by atoms with Crippen molar-refractivity contribution >= 4 is 11.8 Å². The molecule has 3 aromatic rings. The number of carbonyl (C=O) groups excluding carboxylic acids is 2. The number of carbonyl (C=O) groups is 2. The highest BCUT2D eigenvalue weighted by atomic mass is 19.4. The number of hydrogen-bond acceptors (Lipinski definition) is 6. The van der Waals surface area contributed by atoms with E-state index in [0.29, 0.717) is 24.8 Å². The second kappa shape index (κ2) is 10.5. The van der Waals surface area contributed by atoms with Gasteiger partial charge in [-0.3, -0.25) is 9.59 Å². The molecule has 0 unspecified atom stereocenters. The third-order valence-corrected chi connectivity index (χ3v) is 6.11. The van der Waals surface area contributed by atoms with E-state index in [1.807, 2.05) is 30.3 Å². The van der Waals surface area contributed by atoms with Gasteiger partial charge in [0.25, 0.3) is 11.8 Å². The second-order valence-electron chi connectivity index (χ2n) is 8.48. The molecule has 3 atom stereocenters. The Balaban J connectivity index is 1.35. The van der Waals surface area contributed by atoms with E-state index in [2.05, 4.69) is 15.0 Å². The van der Waals surface area contributed by atoms with Crippen LogP contribution < -0.4 is 5.32 Å². The molecular weight excluding hydrogens is 479 g/mol. The van der Waals surface area contributed by atoms with Crippen molar-refractivity contribution in [3.63, 3.8) is 0 Å². The molecule has 2 amide bonds. The van der Waals surface area contributed by atoms with E-state index in [-0.39, 0.29) is 23.8 Å². The Hall–Kier alpha value is -3.70. The molecule has 0 saturated carbocycles. The molecule has 3 N–H and O–H groups in total. The van der Waals surface area contributed by atoms with Crippen molar-refractivity contribution in [1.82, 2.24) is 15.4 Å². The van der Waals surface area contributed by atoms with Crippen LogP contribution in [0.5, 0.6) is 0 Å². The maximum atomic E-state index is 13.0.